The molecule has 0 heterocycles. The summed E-state index contributed by atoms with van der Waals surface area (Å²) in [6.45, 7) is -0.586. The van der Waals surface area contributed by atoms with Gasteiger partial charge in [-0.3, -0.25) is 9.59 Å². The number of anilines is 2. The average molecular weight is 378 g/mol. The van der Waals surface area contributed by atoms with Gasteiger partial charge in [-0.2, -0.15) is 0 Å². The first kappa shape index (κ1) is 19.1. The average Bonchev–Trinajstić information content (AvgIpc) is 2.61. The summed E-state index contributed by atoms with van der Waals surface area (Å²) >= 11 is 5.89. The Labute approximate surface area is 154 Å². The molecule has 0 aliphatic carbocycles. The van der Waals surface area contributed by atoms with Gasteiger partial charge in [-0.25, -0.2) is 4.79 Å². The van der Waals surface area contributed by atoms with Crippen LogP contribution in [-0.4, -0.2) is 31.5 Å². The lowest BCUT2D eigenvalue weighted by Gasteiger charge is -2.11. The van der Waals surface area contributed by atoms with Crippen LogP contribution < -0.4 is 21.5 Å². The number of hydrogen-bond acceptors (Lipinski definition) is 6. The summed E-state index contributed by atoms with van der Waals surface area (Å²) in [6, 6.07) is 8.86. The van der Waals surface area contributed by atoms with E-state index in [1.54, 1.807) is 12.1 Å². The minimum Gasteiger partial charge on any atom is -0.496 e. The number of carbonyl (C=O) groups excluding carboxylic acids is 3. The van der Waals surface area contributed by atoms with Crippen molar-refractivity contribution in [3.8, 4) is 5.75 Å². The summed E-state index contributed by atoms with van der Waals surface area (Å²) in [4.78, 5) is 35.5. The third kappa shape index (κ3) is 4.42. The molecule has 0 unspecified atom stereocenters. The fraction of sp³-hybridized carbons (Fsp3) is 0.118. The molecule has 2 rings (SSSR count). The summed E-state index contributed by atoms with van der Waals surface area (Å²) in [5, 5.41) is 2.60. The van der Waals surface area contributed by atoms with Gasteiger partial charge >= 0.3 is 5.97 Å². The van der Waals surface area contributed by atoms with Gasteiger partial charge in [0.05, 0.1) is 29.1 Å². The minimum atomic E-state index is -0.818. The molecule has 0 saturated heterocycles. The maximum absolute atomic E-state index is 12.2. The van der Waals surface area contributed by atoms with E-state index in [1.165, 1.54) is 31.4 Å². The number of benzene rings is 2. The van der Waals surface area contributed by atoms with Crippen LogP contribution in [0.2, 0.25) is 5.02 Å². The second-order valence-electron chi connectivity index (χ2n) is 5.11. The van der Waals surface area contributed by atoms with Gasteiger partial charge in [0.15, 0.2) is 6.61 Å². The van der Waals surface area contributed by atoms with E-state index in [0.717, 1.165) is 0 Å². The molecule has 5 N–H and O–H groups in total. The third-order valence-corrected chi connectivity index (χ3v) is 3.67. The molecular weight excluding hydrogens is 362 g/mol. The number of esters is 1. The van der Waals surface area contributed by atoms with Gasteiger partial charge in [0.2, 0.25) is 0 Å². The van der Waals surface area contributed by atoms with Gasteiger partial charge in [-0.15, -0.1) is 0 Å². The Kier molecular flexibility index (Phi) is 6.03. The van der Waals surface area contributed by atoms with E-state index in [0.29, 0.717) is 0 Å². The van der Waals surface area contributed by atoms with E-state index >= 15 is 0 Å². The second kappa shape index (κ2) is 8.21. The van der Waals surface area contributed by atoms with Gasteiger partial charge in [0.1, 0.15) is 11.3 Å². The van der Waals surface area contributed by atoms with Crippen LogP contribution in [0.15, 0.2) is 36.4 Å². The van der Waals surface area contributed by atoms with Crippen molar-refractivity contribution >= 4 is 40.8 Å². The van der Waals surface area contributed by atoms with Crippen molar-refractivity contribution in [1.29, 1.82) is 0 Å². The smallest absolute Gasteiger partial charge is 0.342 e. The van der Waals surface area contributed by atoms with Crippen LogP contribution in [0, 0.1) is 0 Å². The molecule has 0 aliphatic rings. The Morgan fingerprint density at radius 1 is 1.15 bits per heavy atom. The number of para-hydroxylation sites is 1. The zero-order valence-corrected chi connectivity index (χ0v) is 14.5. The third-order valence-electron chi connectivity index (χ3n) is 3.34. The van der Waals surface area contributed by atoms with Crippen molar-refractivity contribution < 1.29 is 23.9 Å². The molecular formula is C17H16ClN3O5. The van der Waals surface area contributed by atoms with E-state index in [4.69, 9.17) is 32.5 Å². The largest absolute Gasteiger partial charge is 0.496 e. The molecule has 2 aromatic carbocycles. The summed E-state index contributed by atoms with van der Waals surface area (Å²) in [7, 11) is 1.35. The van der Waals surface area contributed by atoms with Gasteiger partial charge in [-0.05, 0) is 18.2 Å². The SMILES string of the molecule is COc1cc(N)c(Cl)cc1C(=O)OCC(=O)Nc1ccccc1C(N)=O. The lowest BCUT2D eigenvalue weighted by Crippen LogP contribution is -2.23. The van der Waals surface area contributed by atoms with Crippen molar-refractivity contribution in [3.05, 3.63) is 52.5 Å². The molecule has 8 nitrogen and oxygen atoms in total. The monoisotopic (exact) mass is 377 g/mol. The molecule has 0 fully saturated rings. The number of methoxy groups -OCH3 is 1. The first-order chi connectivity index (χ1) is 12.3. The number of rotatable bonds is 6. The van der Waals surface area contributed by atoms with Gasteiger partial charge < -0.3 is 26.3 Å². The number of nitrogens with one attached hydrogen (secondary N) is 1. The molecule has 9 heteroatoms. The first-order valence-corrected chi connectivity index (χ1v) is 7.70. The maximum Gasteiger partial charge on any atom is 0.342 e. The number of amides is 2. The summed E-state index contributed by atoms with van der Waals surface area (Å²) < 4.78 is 10.0. The summed E-state index contributed by atoms with van der Waals surface area (Å²) in [5.41, 5.74) is 11.5. The molecule has 2 amide bonds. The number of hydrogen-bond donors (Lipinski definition) is 3. The maximum atomic E-state index is 12.2. The standard InChI is InChI=1S/C17H16ClN3O5/c1-25-14-7-12(19)11(18)6-10(14)17(24)26-8-15(22)21-13-5-3-2-4-9(13)16(20)23/h2-7H,8,19H2,1H3,(H2,20,23)(H,21,22). The second-order valence-corrected chi connectivity index (χ2v) is 5.52. The Balaban J connectivity index is 2.05. The van der Waals surface area contributed by atoms with Crippen LogP contribution in [-0.2, 0) is 9.53 Å². The highest BCUT2D eigenvalue weighted by Gasteiger charge is 2.18. The highest BCUT2D eigenvalue weighted by atomic mass is 35.5. The van der Waals surface area contributed by atoms with Crippen LogP contribution >= 0.6 is 11.6 Å². The van der Waals surface area contributed by atoms with Crippen molar-refractivity contribution in [1.82, 2.24) is 0 Å². The van der Waals surface area contributed by atoms with Crippen molar-refractivity contribution in [2.75, 3.05) is 24.8 Å². The van der Waals surface area contributed by atoms with E-state index in [1.807, 2.05) is 0 Å². The normalized spacial score (nSPS) is 10.1. The van der Waals surface area contributed by atoms with Crippen LogP contribution in [0.5, 0.6) is 5.75 Å². The number of carbonyl (C=O) groups is 3. The predicted molar refractivity (Wildman–Crippen MR) is 96.3 cm³/mol. The Bertz CT molecular complexity index is 869. The fourth-order valence-corrected chi connectivity index (χ4v) is 2.26. The Morgan fingerprint density at radius 2 is 1.85 bits per heavy atom. The molecule has 2 aromatic rings. The topological polar surface area (TPSA) is 134 Å². The zero-order chi connectivity index (χ0) is 19.3. The molecule has 0 spiro atoms. The Morgan fingerprint density at radius 3 is 2.50 bits per heavy atom. The molecule has 136 valence electrons. The van der Waals surface area contributed by atoms with Crippen LogP contribution in [0.4, 0.5) is 11.4 Å². The lowest BCUT2D eigenvalue weighted by molar-refractivity contribution is -0.119. The quantitative estimate of drug-likeness (QED) is 0.519. The number of primary amides is 1. The summed E-state index contributed by atoms with van der Waals surface area (Å²) in [6.07, 6.45) is 0. The summed E-state index contributed by atoms with van der Waals surface area (Å²) in [5.74, 6) is -2.00. The number of halogens is 1. The number of ether oxygens (including phenoxy) is 2. The van der Waals surface area contributed by atoms with Gasteiger partial charge in [0, 0.05) is 6.07 Å². The molecule has 0 aromatic heterocycles. The highest BCUT2D eigenvalue weighted by Crippen LogP contribution is 2.29. The van der Waals surface area contributed by atoms with E-state index < -0.39 is 24.4 Å². The van der Waals surface area contributed by atoms with E-state index in [9.17, 15) is 14.4 Å². The van der Waals surface area contributed by atoms with Crippen LogP contribution in [0.25, 0.3) is 0 Å². The van der Waals surface area contributed by atoms with Gasteiger partial charge in [0.25, 0.3) is 11.8 Å². The Hall–Kier alpha value is -3.26. The van der Waals surface area contributed by atoms with Crippen LogP contribution in [0.1, 0.15) is 20.7 Å². The first-order valence-electron chi connectivity index (χ1n) is 7.32. The van der Waals surface area contributed by atoms with E-state index in [-0.39, 0.29) is 33.3 Å². The van der Waals surface area contributed by atoms with Gasteiger partial charge in [-0.1, -0.05) is 23.7 Å². The van der Waals surface area contributed by atoms with Crippen molar-refractivity contribution in [2.24, 2.45) is 5.73 Å². The number of nitrogen functional groups attached to an aromatic ring is 1. The minimum absolute atomic E-state index is 0.0250. The van der Waals surface area contributed by atoms with Crippen molar-refractivity contribution in [2.45, 2.75) is 0 Å². The lowest BCUT2D eigenvalue weighted by atomic mass is 10.1. The molecule has 0 saturated carbocycles. The molecule has 0 radical (unpaired) electrons. The van der Waals surface area contributed by atoms with E-state index in [2.05, 4.69) is 5.32 Å². The number of nitrogens with two attached hydrogens (primary N) is 2. The molecule has 0 atom stereocenters. The zero-order valence-electron chi connectivity index (χ0n) is 13.7. The van der Waals surface area contributed by atoms with Crippen molar-refractivity contribution in [3.63, 3.8) is 0 Å². The highest BCUT2D eigenvalue weighted by molar-refractivity contribution is 6.33. The molecule has 0 bridgehead atoms. The predicted octanol–water partition coefficient (Wildman–Crippen LogP) is 1.83. The fourth-order valence-electron chi connectivity index (χ4n) is 2.10. The molecule has 26 heavy (non-hydrogen) atoms. The molecule has 0 aliphatic heterocycles. The van der Waals surface area contributed by atoms with Crippen LogP contribution in [0.3, 0.4) is 0 Å².